The summed E-state index contributed by atoms with van der Waals surface area (Å²) in [7, 11) is 0. The summed E-state index contributed by atoms with van der Waals surface area (Å²) in [5.41, 5.74) is 1.47. The summed E-state index contributed by atoms with van der Waals surface area (Å²) in [6.07, 6.45) is 5.10. The second-order valence-corrected chi connectivity index (χ2v) is 7.18. The van der Waals surface area contributed by atoms with Gasteiger partial charge in [-0.2, -0.15) is 4.98 Å². The molecule has 5 rings (SSSR count). The van der Waals surface area contributed by atoms with Gasteiger partial charge in [0.15, 0.2) is 0 Å². The first-order valence-electron chi connectivity index (χ1n) is 8.83. The molecule has 0 amide bonds. The van der Waals surface area contributed by atoms with E-state index in [1.54, 1.807) is 18.6 Å². The molecule has 0 aliphatic rings. The molecular formula is C22H13BrN4O2. The van der Waals surface area contributed by atoms with Crippen LogP contribution in [0.4, 0.5) is 0 Å². The van der Waals surface area contributed by atoms with Crippen LogP contribution in [-0.4, -0.2) is 20.1 Å². The Morgan fingerprint density at radius 3 is 2.62 bits per heavy atom. The van der Waals surface area contributed by atoms with Crippen LogP contribution < -0.4 is 4.74 Å². The number of halogens is 1. The number of ether oxygens (including phenoxy) is 1. The molecule has 7 heteroatoms. The summed E-state index contributed by atoms with van der Waals surface area (Å²) in [6, 6.07) is 19.1. The van der Waals surface area contributed by atoms with E-state index in [0.29, 0.717) is 28.9 Å². The molecule has 0 unspecified atom stereocenters. The van der Waals surface area contributed by atoms with Crippen molar-refractivity contribution < 1.29 is 9.26 Å². The summed E-state index contributed by atoms with van der Waals surface area (Å²) in [4.78, 5) is 13.0. The lowest BCUT2D eigenvalue weighted by atomic mass is 10.1. The third-order valence-electron chi connectivity index (χ3n) is 4.34. The molecule has 0 radical (unpaired) electrons. The first-order valence-corrected chi connectivity index (χ1v) is 9.62. The molecule has 0 aliphatic heterocycles. The minimum absolute atomic E-state index is 0.418. The smallest absolute Gasteiger partial charge is 0.258 e. The number of hydrogen-bond donors (Lipinski definition) is 0. The van der Waals surface area contributed by atoms with Crippen LogP contribution in [-0.2, 0) is 0 Å². The van der Waals surface area contributed by atoms with Crippen LogP contribution >= 0.6 is 15.9 Å². The minimum Gasteiger partial charge on any atom is -0.456 e. The van der Waals surface area contributed by atoms with E-state index in [2.05, 4.69) is 36.0 Å². The van der Waals surface area contributed by atoms with Crippen molar-refractivity contribution in [3.05, 3.63) is 83.7 Å². The molecule has 0 bridgehead atoms. The Kier molecular flexibility index (Phi) is 4.50. The van der Waals surface area contributed by atoms with E-state index in [1.807, 2.05) is 60.7 Å². The van der Waals surface area contributed by atoms with Crippen molar-refractivity contribution in [1.29, 1.82) is 0 Å². The third kappa shape index (κ3) is 3.60. The van der Waals surface area contributed by atoms with Crippen LogP contribution in [0.1, 0.15) is 0 Å². The number of aromatic nitrogens is 4. The highest BCUT2D eigenvalue weighted by Gasteiger charge is 2.14. The molecule has 2 aromatic carbocycles. The Balaban J connectivity index is 1.44. The Morgan fingerprint density at radius 2 is 1.79 bits per heavy atom. The lowest BCUT2D eigenvalue weighted by molar-refractivity contribution is 0.432. The van der Waals surface area contributed by atoms with Gasteiger partial charge in [-0.3, -0.25) is 9.97 Å². The molecule has 140 valence electrons. The van der Waals surface area contributed by atoms with Gasteiger partial charge in [-0.25, -0.2) is 0 Å². The van der Waals surface area contributed by atoms with Crippen LogP contribution in [0.3, 0.4) is 0 Å². The maximum atomic E-state index is 5.76. The zero-order valence-electron chi connectivity index (χ0n) is 15.0. The van der Waals surface area contributed by atoms with Crippen molar-refractivity contribution in [2.24, 2.45) is 0 Å². The Labute approximate surface area is 174 Å². The van der Waals surface area contributed by atoms with Crippen molar-refractivity contribution >= 4 is 26.7 Å². The third-order valence-corrected chi connectivity index (χ3v) is 4.83. The summed E-state index contributed by atoms with van der Waals surface area (Å²) in [5, 5.41) is 6.14. The maximum Gasteiger partial charge on any atom is 0.258 e. The molecule has 0 N–H and O–H groups in total. The molecule has 0 spiro atoms. The van der Waals surface area contributed by atoms with Gasteiger partial charge in [0.1, 0.15) is 17.2 Å². The van der Waals surface area contributed by atoms with E-state index < -0.39 is 0 Å². The monoisotopic (exact) mass is 444 g/mol. The van der Waals surface area contributed by atoms with Crippen molar-refractivity contribution in [3.8, 4) is 34.5 Å². The Hall–Kier alpha value is -3.58. The lowest BCUT2D eigenvalue weighted by Gasteiger charge is -2.04. The van der Waals surface area contributed by atoms with Crippen LogP contribution in [0.5, 0.6) is 11.5 Å². The van der Waals surface area contributed by atoms with Gasteiger partial charge in [0.2, 0.25) is 5.82 Å². The quantitative estimate of drug-likeness (QED) is 0.343. The number of hydrogen-bond acceptors (Lipinski definition) is 6. The fourth-order valence-corrected chi connectivity index (χ4v) is 3.33. The Morgan fingerprint density at radius 1 is 0.897 bits per heavy atom. The van der Waals surface area contributed by atoms with Crippen LogP contribution in [0, 0.1) is 0 Å². The van der Waals surface area contributed by atoms with E-state index >= 15 is 0 Å². The molecule has 0 aliphatic carbocycles. The summed E-state index contributed by atoms with van der Waals surface area (Å²) in [6.45, 7) is 0. The van der Waals surface area contributed by atoms with E-state index in [-0.39, 0.29) is 0 Å². The average Bonchev–Trinajstić information content (AvgIpc) is 3.24. The fraction of sp³-hybridized carbons (Fsp3) is 0. The van der Waals surface area contributed by atoms with Crippen LogP contribution in [0.25, 0.3) is 33.7 Å². The van der Waals surface area contributed by atoms with Crippen LogP contribution in [0.15, 0.2) is 88.3 Å². The van der Waals surface area contributed by atoms with Gasteiger partial charge in [-0.05, 0) is 60.0 Å². The molecule has 29 heavy (non-hydrogen) atoms. The minimum atomic E-state index is 0.418. The van der Waals surface area contributed by atoms with E-state index in [0.717, 1.165) is 20.8 Å². The molecule has 6 nitrogen and oxygen atoms in total. The van der Waals surface area contributed by atoms with Crippen molar-refractivity contribution in [2.45, 2.75) is 0 Å². The summed E-state index contributed by atoms with van der Waals surface area (Å²) >= 11 is 3.50. The highest BCUT2D eigenvalue weighted by Crippen LogP contribution is 2.30. The molecule has 3 aromatic heterocycles. The van der Waals surface area contributed by atoms with Gasteiger partial charge >= 0.3 is 0 Å². The summed E-state index contributed by atoms with van der Waals surface area (Å²) in [5.74, 6) is 2.23. The van der Waals surface area contributed by atoms with E-state index in [1.165, 1.54) is 0 Å². The highest BCUT2D eigenvalue weighted by molar-refractivity contribution is 9.10. The first-order chi connectivity index (χ1) is 14.3. The SMILES string of the molecule is Brc1ccc2ccnc(-c3noc(-c4ccc(Oc5cccnc5)cc4)n3)c2c1. The van der Waals surface area contributed by atoms with Crippen molar-refractivity contribution in [3.63, 3.8) is 0 Å². The van der Waals surface area contributed by atoms with Gasteiger partial charge in [0, 0.05) is 27.8 Å². The van der Waals surface area contributed by atoms with Gasteiger partial charge in [-0.1, -0.05) is 27.2 Å². The van der Waals surface area contributed by atoms with Crippen molar-refractivity contribution in [1.82, 2.24) is 20.1 Å². The van der Waals surface area contributed by atoms with E-state index in [4.69, 9.17) is 9.26 Å². The highest BCUT2D eigenvalue weighted by atomic mass is 79.9. The topological polar surface area (TPSA) is 73.9 Å². The molecule has 5 aromatic rings. The van der Waals surface area contributed by atoms with E-state index in [9.17, 15) is 0 Å². The lowest BCUT2D eigenvalue weighted by Crippen LogP contribution is -1.88. The largest absolute Gasteiger partial charge is 0.456 e. The number of rotatable bonds is 4. The number of nitrogens with zero attached hydrogens (tertiary/aromatic N) is 4. The normalized spacial score (nSPS) is 10.9. The second-order valence-electron chi connectivity index (χ2n) is 6.26. The fourth-order valence-electron chi connectivity index (χ4n) is 2.96. The van der Waals surface area contributed by atoms with Gasteiger partial charge in [0.25, 0.3) is 5.89 Å². The molecule has 3 heterocycles. The standard InChI is InChI=1S/C22H13BrN4O2/c23-16-6-3-14-9-11-25-20(19(14)12-16)21-26-22(29-27-21)15-4-7-17(8-5-15)28-18-2-1-10-24-13-18/h1-13H. The maximum absolute atomic E-state index is 5.76. The molecule has 0 fully saturated rings. The predicted octanol–water partition coefficient (Wildman–Crippen LogP) is 5.90. The van der Waals surface area contributed by atoms with Gasteiger partial charge in [0.05, 0.1) is 6.20 Å². The number of fused-ring (bicyclic) bond motifs is 1. The predicted molar refractivity (Wildman–Crippen MR) is 112 cm³/mol. The Bertz CT molecular complexity index is 1290. The first kappa shape index (κ1) is 17.5. The summed E-state index contributed by atoms with van der Waals surface area (Å²) < 4.78 is 12.2. The average molecular weight is 445 g/mol. The zero-order valence-corrected chi connectivity index (χ0v) is 16.6. The molecule has 0 saturated heterocycles. The molecular weight excluding hydrogens is 432 g/mol. The molecule has 0 saturated carbocycles. The molecule has 0 atom stereocenters. The van der Waals surface area contributed by atoms with Crippen LogP contribution in [0.2, 0.25) is 0 Å². The van der Waals surface area contributed by atoms with Crippen molar-refractivity contribution in [2.75, 3.05) is 0 Å². The zero-order chi connectivity index (χ0) is 19.6. The second kappa shape index (κ2) is 7.44. The van der Waals surface area contributed by atoms with Gasteiger partial charge in [-0.15, -0.1) is 0 Å². The number of benzene rings is 2. The van der Waals surface area contributed by atoms with Gasteiger partial charge < -0.3 is 9.26 Å². The number of pyridine rings is 2.